The Labute approximate surface area is 92.5 Å². The molecule has 15 heavy (non-hydrogen) atoms. The molecule has 0 unspecified atom stereocenters. The first-order valence-electron chi connectivity index (χ1n) is 4.53. The Morgan fingerprint density at radius 3 is 2.93 bits per heavy atom. The van der Waals surface area contributed by atoms with Crippen molar-refractivity contribution in [3.05, 3.63) is 16.9 Å². The van der Waals surface area contributed by atoms with Gasteiger partial charge in [0.25, 0.3) is 0 Å². The Balaban J connectivity index is 2.60. The van der Waals surface area contributed by atoms with Gasteiger partial charge in [-0.05, 0) is 19.4 Å². The maximum Gasteiger partial charge on any atom is 0.231 e. The smallest absolute Gasteiger partial charge is 0.231 e. The average Bonchev–Trinajstić information content (AvgIpc) is 2.13. The highest BCUT2D eigenvalue weighted by Crippen LogP contribution is 2.09. The van der Waals surface area contributed by atoms with Crippen LogP contribution in [0.25, 0.3) is 0 Å². The van der Waals surface area contributed by atoms with E-state index >= 15 is 0 Å². The minimum Gasteiger partial charge on any atom is -0.396 e. The zero-order valence-electron chi connectivity index (χ0n) is 8.33. The molecule has 82 valence electrons. The molecule has 1 aromatic heterocycles. The number of nitrogens with zero attached hydrogens (tertiary/aromatic N) is 2. The molecule has 0 saturated carbocycles. The summed E-state index contributed by atoms with van der Waals surface area (Å²) in [4.78, 5) is 19.1. The van der Waals surface area contributed by atoms with Crippen LogP contribution in [-0.4, -0.2) is 27.6 Å². The number of aryl methyl sites for hydroxylation is 1. The van der Waals surface area contributed by atoms with Gasteiger partial charge in [0.2, 0.25) is 11.9 Å². The first kappa shape index (κ1) is 11.9. The summed E-state index contributed by atoms with van der Waals surface area (Å²) in [7, 11) is 0. The minimum atomic E-state index is -0.231. The zero-order valence-corrected chi connectivity index (χ0v) is 9.08. The Morgan fingerprint density at radius 2 is 2.33 bits per heavy atom. The Bertz CT molecular complexity index is 337. The molecule has 0 aromatic carbocycles. The Hall–Kier alpha value is -1.20. The molecule has 1 heterocycles. The first-order valence-corrected chi connectivity index (χ1v) is 4.91. The summed E-state index contributed by atoms with van der Waals surface area (Å²) in [5.74, 6) is -0.0337. The van der Waals surface area contributed by atoms with Gasteiger partial charge < -0.3 is 5.11 Å². The van der Waals surface area contributed by atoms with Crippen LogP contribution < -0.4 is 5.32 Å². The third-order valence-corrected chi connectivity index (χ3v) is 1.83. The van der Waals surface area contributed by atoms with Crippen molar-refractivity contribution >= 4 is 23.5 Å². The van der Waals surface area contributed by atoms with E-state index < -0.39 is 0 Å². The number of aliphatic hydroxyl groups is 1. The highest BCUT2D eigenvalue weighted by atomic mass is 35.5. The number of nitrogens with one attached hydrogen (secondary N) is 1. The summed E-state index contributed by atoms with van der Waals surface area (Å²) in [6, 6.07) is 1.60. The van der Waals surface area contributed by atoms with E-state index in [0.29, 0.717) is 17.3 Å². The molecule has 0 radical (unpaired) electrons. The summed E-state index contributed by atoms with van der Waals surface area (Å²) in [6.45, 7) is 1.75. The number of carbonyl (C=O) groups is 1. The Morgan fingerprint density at radius 1 is 1.60 bits per heavy atom. The van der Waals surface area contributed by atoms with Crippen LogP contribution in [0, 0.1) is 6.92 Å². The molecule has 5 nitrogen and oxygen atoms in total. The van der Waals surface area contributed by atoms with Crippen LogP contribution in [0.15, 0.2) is 6.07 Å². The number of aromatic nitrogens is 2. The lowest BCUT2D eigenvalue weighted by molar-refractivity contribution is -0.116. The van der Waals surface area contributed by atoms with E-state index in [-0.39, 0.29) is 24.9 Å². The number of halogens is 1. The van der Waals surface area contributed by atoms with E-state index in [1.807, 2.05) is 0 Å². The normalized spacial score (nSPS) is 10.1. The highest BCUT2D eigenvalue weighted by molar-refractivity contribution is 6.29. The number of rotatable bonds is 4. The molecular weight excluding hydrogens is 218 g/mol. The number of aliphatic hydroxyl groups excluding tert-OH is 1. The van der Waals surface area contributed by atoms with Crippen LogP contribution in [0.1, 0.15) is 18.5 Å². The third-order valence-electron chi connectivity index (χ3n) is 1.64. The van der Waals surface area contributed by atoms with Gasteiger partial charge in [-0.2, -0.15) is 0 Å². The monoisotopic (exact) mass is 229 g/mol. The molecule has 0 spiro atoms. The fourth-order valence-corrected chi connectivity index (χ4v) is 1.25. The van der Waals surface area contributed by atoms with Crippen molar-refractivity contribution in [3.63, 3.8) is 0 Å². The maximum atomic E-state index is 11.2. The molecule has 0 fully saturated rings. The van der Waals surface area contributed by atoms with Gasteiger partial charge in [-0.15, -0.1) is 0 Å². The van der Waals surface area contributed by atoms with E-state index in [1.54, 1.807) is 13.0 Å². The zero-order chi connectivity index (χ0) is 11.3. The van der Waals surface area contributed by atoms with Gasteiger partial charge >= 0.3 is 0 Å². The van der Waals surface area contributed by atoms with Crippen LogP contribution in [0.2, 0.25) is 5.15 Å². The molecule has 2 N–H and O–H groups in total. The van der Waals surface area contributed by atoms with Crippen molar-refractivity contribution in [1.29, 1.82) is 0 Å². The van der Waals surface area contributed by atoms with Crippen molar-refractivity contribution in [2.24, 2.45) is 0 Å². The van der Waals surface area contributed by atoms with E-state index in [2.05, 4.69) is 15.3 Å². The topological polar surface area (TPSA) is 75.1 Å². The second-order valence-corrected chi connectivity index (χ2v) is 3.42. The summed E-state index contributed by atoms with van der Waals surface area (Å²) in [5, 5.41) is 11.3. The van der Waals surface area contributed by atoms with Crippen molar-refractivity contribution in [2.45, 2.75) is 19.8 Å². The molecule has 1 rings (SSSR count). The van der Waals surface area contributed by atoms with E-state index in [1.165, 1.54) is 0 Å². The van der Waals surface area contributed by atoms with Crippen molar-refractivity contribution < 1.29 is 9.90 Å². The molecule has 6 heteroatoms. The second-order valence-electron chi connectivity index (χ2n) is 3.03. The van der Waals surface area contributed by atoms with Gasteiger partial charge in [0.15, 0.2) is 0 Å². The van der Waals surface area contributed by atoms with E-state index in [0.717, 1.165) is 0 Å². The van der Waals surface area contributed by atoms with Crippen LogP contribution in [0.5, 0.6) is 0 Å². The minimum absolute atomic E-state index is 0.0111. The van der Waals surface area contributed by atoms with Gasteiger partial charge in [-0.1, -0.05) is 11.6 Å². The predicted molar refractivity (Wildman–Crippen MR) is 56.7 cm³/mol. The number of hydrogen-bond acceptors (Lipinski definition) is 4. The number of amides is 1. The van der Waals surface area contributed by atoms with Crippen molar-refractivity contribution in [1.82, 2.24) is 9.97 Å². The van der Waals surface area contributed by atoms with Gasteiger partial charge in [0.1, 0.15) is 5.15 Å². The molecule has 1 amide bonds. The maximum absolute atomic E-state index is 11.2. The highest BCUT2D eigenvalue weighted by Gasteiger charge is 2.05. The van der Waals surface area contributed by atoms with Crippen molar-refractivity contribution in [3.8, 4) is 0 Å². The first-order chi connectivity index (χ1) is 7.11. The summed E-state index contributed by atoms with van der Waals surface area (Å²) >= 11 is 5.70. The molecule has 0 bridgehead atoms. The van der Waals surface area contributed by atoms with Crippen molar-refractivity contribution in [2.75, 3.05) is 11.9 Å². The molecule has 0 aliphatic carbocycles. The summed E-state index contributed by atoms with van der Waals surface area (Å²) in [5.41, 5.74) is 0.687. The molecule has 1 aromatic rings. The standard InChI is InChI=1S/C9H12ClN3O2/c1-6-5-7(10)12-9(11-6)13-8(15)3-2-4-14/h5,14H,2-4H2,1H3,(H,11,12,13,15). The predicted octanol–water partition coefficient (Wildman–Crippen LogP) is 1.15. The quantitative estimate of drug-likeness (QED) is 0.760. The van der Waals surface area contributed by atoms with Gasteiger partial charge in [-0.3, -0.25) is 10.1 Å². The fourth-order valence-electron chi connectivity index (χ4n) is 1.01. The van der Waals surface area contributed by atoms with Crippen LogP contribution in [-0.2, 0) is 4.79 Å². The van der Waals surface area contributed by atoms with E-state index in [4.69, 9.17) is 16.7 Å². The molecular formula is C9H12ClN3O2. The molecule has 0 saturated heterocycles. The SMILES string of the molecule is Cc1cc(Cl)nc(NC(=O)CCCO)n1. The average molecular weight is 230 g/mol. The lowest BCUT2D eigenvalue weighted by Gasteiger charge is -2.03. The molecule has 0 atom stereocenters. The fraction of sp³-hybridized carbons (Fsp3) is 0.444. The number of carbonyl (C=O) groups excluding carboxylic acids is 1. The summed E-state index contributed by atoms with van der Waals surface area (Å²) < 4.78 is 0. The number of hydrogen-bond donors (Lipinski definition) is 2. The number of anilines is 1. The van der Waals surface area contributed by atoms with Gasteiger partial charge in [0, 0.05) is 18.7 Å². The lowest BCUT2D eigenvalue weighted by Crippen LogP contribution is -2.14. The lowest BCUT2D eigenvalue weighted by atomic mass is 10.3. The van der Waals surface area contributed by atoms with Crippen LogP contribution in [0.4, 0.5) is 5.95 Å². The van der Waals surface area contributed by atoms with Crippen LogP contribution >= 0.6 is 11.6 Å². The van der Waals surface area contributed by atoms with Gasteiger partial charge in [0.05, 0.1) is 0 Å². The largest absolute Gasteiger partial charge is 0.396 e. The second kappa shape index (κ2) is 5.63. The van der Waals surface area contributed by atoms with E-state index in [9.17, 15) is 4.79 Å². The molecule has 0 aliphatic heterocycles. The van der Waals surface area contributed by atoms with Crippen LogP contribution in [0.3, 0.4) is 0 Å². The summed E-state index contributed by atoms with van der Waals surface area (Å²) in [6.07, 6.45) is 0.663. The van der Waals surface area contributed by atoms with Gasteiger partial charge in [-0.25, -0.2) is 9.97 Å². The Kier molecular flexibility index (Phi) is 4.45. The molecule has 0 aliphatic rings. The third kappa shape index (κ3) is 4.22.